The van der Waals surface area contributed by atoms with E-state index in [0.29, 0.717) is 0 Å². The minimum atomic E-state index is 0.204. The monoisotopic (exact) mass is 297 g/mol. The van der Waals surface area contributed by atoms with Crippen LogP contribution in [0.2, 0.25) is 5.82 Å². The first-order chi connectivity index (χ1) is 10.2. The molecule has 22 heavy (non-hydrogen) atoms. The van der Waals surface area contributed by atoms with E-state index in [1.54, 1.807) is 0 Å². The Morgan fingerprint density at radius 2 is 1.32 bits per heavy atom. The molecule has 0 heterocycles. The first kappa shape index (κ1) is 17.6. The molecule has 1 heteroatoms. The van der Waals surface area contributed by atoms with E-state index in [1.165, 1.54) is 55.1 Å². The summed E-state index contributed by atoms with van der Waals surface area (Å²) in [4.78, 5) is 0. The SMILES string of the molecule is CC(C)(C)c1ccc([B]C2CCCCCC2)cc1C(C)(C)C. The van der Waals surface area contributed by atoms with E-state index in [0.717, 1.165) is 5.82 Å². The molecule has 1 aliphatic rings. The van der Waals surface area contributed by atoms with Gasteiger partial charge < -0.3 is 0 Å². The Balaban J connectivity index is 2.26. The second-order valence-electron chi connectivity index (χ2n) is 9.22. The second-order valence-corrected chi connectivity index (χ2v) is 9.22. The zero-order valence-electron chi connectivity index (χ0n) is 15.6. The van der Waals surface area contributed by atoms with Crippen molar-refractivity contribution in [3.8, 4) is 0 Å². The van der Waals surface area contributed by atoms with Gasteiger partial charge in [-0.15, -0.1) is 0 Å². The molecule has 0 spiro atoms. The summed E-state index contributed by atoms with van der Waals surface area (Å²) in [5.41, 5.74) is 4.87. The van der Waals surface area contributed by atoms with Gasteiger partial charge in [0.25, 0.3) is 0 Å². The molecule has 0 bridgehead atoms. The molecule has 1 fully saturated rings. The third kappa shape index (κ3) is 4.64. The Labute approximate surface area is 139 Å². The van der Waals surface area contributed by atoms with Gasteiger partial charge in [-0.05, 0) is 22.0 Å². The van der Waals surface area contributed by atoms with Crippen LogP contribution in [0.4, 0.5) is 0 Å². The Bertz CT molecular complexity index is 480. The predicted octanol–water partition coefficient (Wildman–Crippen LogP) is 5.75. The molecule has 0 saturated heterocycles. The summed E-state index contributed by atoms with van der Waals surface area (Å²) in [6.07, 6.45) is 8.44. The normalized spacial score (nSPS) is 18.1. The first-order valence-corrected chi connectivity index (χ1v) is 9.18. The van der Waals surface area contributed by atoms with Crippen molar-refractivity contribution in [2.24, 2.45) is 0 Å². The van der Waals surface area contributed by atoms with Gasteiger partial charge in [0.1, 0.15) is 0 Å². The average Bonchev–Trinajstić information content (AvgIpc) is 2.65. The molecule has 0 nitrogen and oxygen atoms in total. The van der Waals surface area contributed by atoms with E-state index < -0.39 is 0 Å². The fraction of sp³-hybridized carbons (Fsp3) is 0.714. The predicted molar refractivity (Wildman–Crippen MR) is 101 cm³/mol. The molecule has 0 N–H and O–H groups in total. The molecule has 1 saturated carbocycles. The number of benzene rings is 1. The van der Waals surface area contributed by atoms with Gasteiger partial charge in [0, 0.05) is 0 Å². The van der Waals surface area contributed by atoms with Crippen molar-refractivity contribution in [2.45, 2.75) is 96.7 Å². The van der Waals surface area contributed by atoms with Crippen molar-refractivity contribution in [1.29, 1.82) is 0 Å². The molecule has 0 amide bonds. The summed E-state index contributed by atoms with van der Waals surface area (Å²) >= 11 is 0. The first-order valence-electron chi connectivity index (χ1n) is 9.18. The molecule has 0 aromatic heterocycles. The number of hydrogen-bond acceptors (Lipinski definition) is 0. The van der Waals surface area contributed by atoms with Crippen molar-refractivity contribution in [3.05, 3.63) is 29.3 Å². The van der Waals surface area contributed by atoms with Gasteiger partial charge >= 0.3 is 0 Å². The molecule has 0 unspecified atom stereocenters. The highest BCUT2D eigenvalue weighted by molar-refractivity contribution is 6.55. The van der Waals surface area contributed by atoms with E-state index in [9.17, 15) is 0 Å². The molecule has 121 valence electrons. The van der Waals surface area contributed by atoms with Crippen LogP contribution in [-0.2, 0) is 10.8 Å². The van der Waals surface area contributed by atoms with Crippen molar-refractivity contribution in [2.75, 3.05) is 0 Å². The molecule has 1 radical (unpaired) electrons. The van der Waals surface area contributed by atoms with E-state index in [2.05, 4.69) is 67.0 Å². The molecular weight excluding hydrogens is 263 g/mol. The van der Waals surface area contributed by atoms with Gasteiger partial charge in [-0.3, -0.25) is 0 Å². The van der Waals surface area contributed by atoms with E-state index in [-0.39, 0.29) is 10.8 Å². The van der Waals surface area contributed by atoms with Crippen LogP contribution in [0.15, 0.2) is 18.2 Å². The zero-order valence-corrected chi connectivity index (χ0v) is 15.6. The molecule has 0 aliphatic heterocycles. The van der Waals surface area contributed by atoms with E-state index >= 15 is 0 Å². The third-order valence-electron chi connectivity index (χ3n) is 4.99. The summed E-state index contributed by atoms with van der Waals surface area (Å²) < 4.78 is 0. The Morgan fingerprint density at radius 1 is 0.773 bits per heavy atom. The lowest BCUT2D eigenvalue weighted by molar-refractivity contribution is 0.530. The van der Waals surface area contributed by atoms with Gasteiger partial charge in [-0.25, -0.2) is 0 Å². The standard InChI is InChI=1S/C21H34B/c1-20(2,3)18-14-13-17(15-19(18)21(4,5)6)22-16-11-9-7-8-10-12-16/h13-16H,7-12H2,1-6H3. The maximum Gasteiger partial charge on any atom is 0.155 e. The Hall–Kier alpha value is -0.715. The lowest BCUT2D eigenvalue weighted by atomic mass is 9.55. The maximum absolute atomic E-state index is 2.55. The van der Waals surface area contributed by atoms with Gasteiger partial charge in [0.15, 0.2) is 7.28 Å². The van der Waals surface area contributed by atoms with Gasteiger partial charge in [0.05, 0.1) is 0 Å². The highest BCUT2D eigenvalue weighted by Crippen LogP contribution is 2.33. The van der Waals surface area contributed by atoms with Crippen molar-refractivity contribution in [1.82, 2.24) is 0 Å². The minimum absolute atomic E-state index is 0.204. The minimum Gasteiger partial charge on any atom is -0.0872 e. The topological polar surface area (TPSA) is 0 Å². The molecular formula is C21H34B. The van der Waals surface area contributed by atoms with Crippen LogP contribution in [0, 0.1) is 0 Å². The molecule has 1 aliphatic carbocycles. The van der Waals surface area contributed by atoms with E-state index in [1.807, 2.05) is 0 Å². The summed E-state index contributed by atoms with van der Waals surface area (Å²) in [6, 6.07) is 7.19. The van der Waals surface area contributed by atoms with Crippen LogP contribution in [0.5, 0.6) is 0 Å². The van der Waals surface area contributed by atoms with Crippen molar-refractivity contribution in [3.63, 3.8) is 0 Å². The summed E-state index contributed by atoms with van der Waals surface area (Å²) in [5.74, 6) is 0.788. The summed E-state index contributed by atoms with van der Waals surface area (Å²) in [5, 5.41) is 0. The van der Waals surface area contributed by atoms with Crippen molar-refractivity contribution < 1.29 is 0 Å². The second kappa shape index (κ2) is 6.81. The van der Waals surface area contributed by atoms with Gasteiger partial charge in [-0.1, -0.05) is 110 Å². The lowest BCUT2D eigenvalue weighted by Crippen LogP contribution is -2.27. The molecule has 1 aromatic carbocycles. The van der Waals surface area contributed by atoms with Crippen LogP contribution in [0.3, 0.4) is 0 Å². The quantitative estimate of drug-likeness (QED) is 0.481. The lowest BCUT2D eigenvalue weighted by Gasteiger charge is -2.31. The smallest absolute Gasteiger partial charge is 0.0872 e. The average molecular weight is 297 g/mol. The largest absolute Gasteiger partial charge is 0.155 e. The van der Waals surface area contributed by atoms with E-state index in [4.69, 9.17) is 0 Å². The zero-order chi connectivity index (χ0) is 16.4. The van der Waals surface area contributed by atoms with Crippen LogP contribution < -0.4 is 5.46 Å². The van der Waals surface area contributed by atoms with Crippen LogP contribution in [-0.4, -0.2) is 7.28 Å². The fourth-order valence-electron chi connectivity index (χ4n) is 3.69. The fourth-order valence-corrected chi connectivity index (χ4v) is 3.69. The molecule has 1 aromatic rings. The molecule has 2 rings (SSSR count). The van der Waals surface area contributed by atoms with Crippen LogP contribution in [0.25, 0.3) is 0 Å². The summed E-state index contributed by atoms with van der Waals surface area (Å²) in [6.45, 7) is 14.0. The number of rotatable bonds is 2. The highest BCUT2D eigenvalue weighted by Gasteiger charge is 2.25. The van der Waals surface area contributed by atoms with Crippen molar-refractivity contribution >= 4 is 12.7 Å². The summed E-state index contributed by atoms with van der Waals surface area (Å²) in [7, 11) is 2.55. The van der Waals surface area contributed by atoms with Crippen LogP contribution >= 0.6 is 0 Å². The highest BCUT2D eigenvalue weighted by atomic mass is 14.3. The van der Waals surface area contributed by atoms with Gasteiger partial charge in [0.2, 0.25) is 0 Å². The van der Waals surface area contributed by atoms with Gasteiger partial charge in [-0.2, -0.15) is 0 Å². The number of hydrogen-bond donors (Lipinski definition) is 0. The van der Waals surface area contributed by atoms with Crippen LogP contribution in [0.1, 0.15) is 91.2 Å². The third-order valence-corrected chi connectivity index (χ3v) is 4.99. The Morgan fingerprint density at radius 3 is 1.82 bits per heavy atom. The molecule has 0 atom stereocenters. The maximum atomic E-state index is 2.55. The Kier molecular flexibility index (Phi) is 5.46.